The van der Waals surface area contributed by atoms with E-state index < -0.39 is 5.79 Å². The highest BCUT2D eigenvalue weighted by Gasteiger charge is 2.34. The Kier molecular flexibility index (Phi) is 4.31. The highest BCUT2D eigenvalue weighted by Crippen LogP contribution is 2.29. The van der Waals surface area contributed by atoms with Crippen LogP contribution in [0.1, 0.15) is 33.1 Å². The van der Waals surface area contributed by atoms with Crippen molar-refractivity contribution in [2.75, 3.05) is 13.2 Å². The van der Waals surface area contributed by atoms with E-state index in [9.17, 15) is 0 Å². The van der Waals surface area contributed by atoms with E-state index in [2.05, 4.69) is 0 Å². The van der Waals surface area contributed by atoms with Crippen LogP contribution in [0.3, 0.4) is 0 Å². The second-order valence-electron chi connectivity index (χ2n) is 4.20. The molecule has 3 N–H and O–H groups in total. The molecule has 2 atom stereocenters. The molecule has 14 heavy (non-hydrogen) atoms. The van der Waals surface area contributed by atoms with Crippen molar-refractivity contribution in [3.63, 3.8) is 0 Å². The van der Waals surface area contributed by atoms with Gasteiger partial charge >= 0.3 is 0 Å². The van der Waals surface area contributed by atoms with Crippen molar-refractivity contribution < 1.29 is 14.6 Å². The third-order valence-electron chi connectivity index (χ3n) is 2.37. The quantitative estimate of drug-likeness (QED) is 0.703. The summed E-state index contributed by atoms with van der Waals surface area (Å²) >= 11 is 0. The van der Waals surface area contributed by atoms with Gasteiger partial charge in [-0.15, -0.1) is 0 Å². The van der Waals surface area contributed by atoms with Crippen LogP contribution < -0.4 is 5.73 Å². The molecule has 0 unspecified atom stereocenters. The number of rotatable bonds is 4. The average molecular weight is 203 g/mol. The Morgan fingerprint density at radius 2 is 1.86 bits per heavy atom. The van der Waals surface area contributed by atoms with Crippen molar-refractivity contribution >= 4 is 0 Å². The van der Waals surface area contributed by atoms with Crippen molar-refractivity contribution in [3.05, 3.63) is 0 Å². The molecule has 84 valence electrons. The smallest absolute Gasteiger partial charge is 0.163 e. The third kappa shape index (κ3) is 3.53. The Labute approximate surface area is 85.4 Å². The summed E-state index contributed by atoms with van der Waals surface area (Å²) in [4.78, 5) is 0. The fraction of sp³-hybridized carbons (Fsp3) is 1.00. The Morgan fingerprint density at radius 3 is 2.36 bits per heavy atom. The van der Waals surface area contributed by atoms with Gasteiger partial charge in [0.25, 0.3) is 0 Å². The lowest BCUT2D eigenvalue weighted by atomic mass is 10.0. The second-order valence-corrected chi connectivity index (χ2v) is 4.20. The molecule has 0 spiro atoms. The van der Waals surface area contributed by atoms with Gasteiger partial charge in [-0.05, 0) is 33.2 Å². The van der Waals surface area contributed by atoms with Gasteiger partial charge in [0.1, 0.15) is 0 Å². The summed E-state index contributed by atoms with van der Waals surface area (Å²) in [6.07, 6.45) is 2.63. The number of nitrogens with two attached hydrogens (primary N) is 1. The molecule has 4 nitrogen and oxygen atoms in total. The van der Waals surface area contributed by atoms with Gasteiger partial charge in [0.05, 0.1) is 12.2 Å². The summed E-state index contributed by atoms with van der Waals surface area (Å²) in [6, 6.07) is 0. The van der Waals surface area contributed by atoms with Crippen molar-refractivity contribution in [3.8, 4) is 0 Å². The fourth-order valence-corrected chi connectivity index (χ4v) is 1.90. The molecule has 0 bridgehead atoms. The molecular formula is C10H21NO3. The average Bonchev–Trinajstić information content (AvgIpc) is 2.01. The Balaban J connectivity index is 2.48. The monoisotopic (exact) mass is 203 g/mol. The van der Waals surface area contributed by atoms with Gasteiger partial charge in [0, 0.05) is 13.0 Å². The molecule has 0 aliphatic carbocycles. The van der Waals surface area contributed by atoms with Crippen LogP contribution in [0.2, 0.25) is 0 Å². The molecule has 0 aromatic heterocycles. The number of ether oxygens (including phenoxy) is 2. The van der Waals surface area contributed by atoms with Gasteiger partial charge < -0.3 is 20.3 Å². The zero-order valence-corrected chi connectivity index (χ0v) is 9.03. The molecule has 1 aliphatic heterocycles. The summed E-state index contributed by atoms with van der Waals surface area (Å²) in [7, 11) is 0. The Hall–Kier alpha value is -0.160. The standard InChI is InChI=1S/C10H21NO3/c1-10(2)13-8(3-5-11)7-9(14-10)4-6-12/h8-9,12H,3-7,11H2,1-2H3/t8-,9+/m0/s1. The minimum Gasteiger partial charge on any atom is -0.396 e. The van der Waals surface area contributed by atoms with E-state index in [0.717, 1.165) is 12.8 Å². The maximum atomic E-state index is 8.86. The zero-order chi connectivity index (χ0) is 10.6. The molecular weight excluding hydrogens is 182 g/mol. The van der Waals surface area contributed by atoms with E-state index in [1.54, 1.807) is 0 Å². The lowest BCUT2D eigenvalue weighted by Gasteiger charge is -2.40. The molecule has 4 heteroatoms. The predicted molar refractivity (Wildman–Crippen MR) is 53.8 cm³/mol. The van der Waals surface area contributed by atoms with E-state index in [4.69, 9.17) is 20.3 Å². The Bertz CT molecular complexity index is 157. The van der Waals surface area contributed by atoms with Crippen molar-refractivity contribution in [1.29, 1.82) is 0 Å². The fourth-order valence-electron chi connectivity index (χ4n) is 1.90. The first kappa shape index (κ1) is 11.9. The first-order chi connectivity index (χ1) is 6.57. The molecule has 0 aromatic rings. The van der Waals surface area contributed by atoms with Crippen molar-refractivity contribution in [2.45, 2.75) is 51.1 Å². The maximum absolute atomic E-state index is 8.86. The van der Waals surface area contributed by atoms with Gasteiger partial charge in [0.15, 0.2) is 5.79 Å². The summed E-state index contributed by atoms with van der Waals surface area (Å²) in [5, 5.41) is 8.86. The van der Waals surface area contributed by atoms with E-state index >= 15 is 0 Å². The van der Waals surface area contributed by atoms with E-state index in [0.29, 0.717) is 13.0 Å². The van der Waals surface area contributed by atoms with Gasteiger partial charge in [0.2, 0.25) is 0 Å². The summed E-state index contributed by atoms with van der Waals surface area (Å²) in [6.45, 7) is 4.60. The molecule has 1 heterocycles. The van der Waals surface area contributed by atoms with Crippen molar-refractivity contribution in [2.24, 2.45) is 5.73 Å². The molecule has 0 radical (unpaired) electrons. The van der Waals surface area contributed by atoms with Gasteiger partial charge in [-0.1, -0.05) is 0 Å². The minimum absolute atomic E-state index is 0.0975. The van der Waals surface area contributed by atoms with Gasteiger partial charge in [-0.3, -0.25) is 0 Å². The van der Waals surface area contributed by atoms with Crippen LogP contribution in [0.15, 0.2) is 0 Å². The third-order valence-corrected chi connectivity index (χ3v) is 2.37. The van der Waals surface area contributed by atoms with E-state index in [-0.39, 0.29) is 18.8 Å². The van der Waals surface area contributed by atoms with Crippen LogP contribution in [0.25, 0.3) is 0 Å². The largest absolute Gasteiger partial charge is 0.396 e. The van der Waals surface area contributed by atoms with E-state index in [1.165, 1.54) is 0 Å². The second kappa shape index (κ2) is 5.07. The molecule has 1 aliphatic rings. The first-order valence-electron chi connectivity index (χ1n) is 5.24. The van der Waals surface area contributed by atoms with Crippen LogP contribution in [-0.2, 0) is 9.47 Å². The summed E-state index contributed by atoms with van der Waals surface area (Å²) in [5.74, 6) is -0.544. The van der Waals surface area contributed by atoms with E-state index in [1.807, 2.05) is 13.8 Å². The first-order valence-corrected chi connectivity index (χ1v) is 5.24. The van der Waals surface area contributed by atoms with Gasteiger partial charge in [-0.2, -0.15) is 0 Å². The zero-order valence-electron chi connectivity index (χ0n) is 9.03. The molecule has 1 fully saturated rings. The number of hydrogen-bond acceptors (Lipinski definition) is 4. The molecule has 0 amide bonds. The number of aliphatic hydroxyl groups excluding tert-OH is 1. The molecule has 0 saturated carbocycles. The Morgan fingerprint density at radius 1 is 1.29 bits per heavy atom. The van der Waals surface area contributed by atoms with Crippen LogP contribution in [0, 0.1) is 0 Å². The summed E-state index contributed by atoms with van der Waals surface area (Å²) in [5.41, 5.74) is 5.50. The van der Waals surface area contributed by atoms with Crippen LogP contribution in [0.4, 0.5) is 0 Å². The lowest BCUT2D eigenvalue weighted by Crippen LogP contribution is -2.45. The lowest BCUT2D eigenvalue weighted by molar-refractivity contribution is -0.301. The molecule has 1 saturated heterocycles. The maximum Gasteiger partial charge on any atom is 0.163 e. The number of hydrogen-bond donors (Lipinski definition) is 2. The highest BCUT2D eigenvalue weighted by molar-refractivity contribution is 4.76. The molecule has 0 aromatic carbocycles. The normalized spacial score (nSPS) is 31.7. The topological polar surface area (TPSA) is 64.7 Å². The minimum atomic E-state index is -0.544. The predicted octanol–water partition coefficient (Wildman–Crippen LogP) is 0.628. The molecule has 1 rings (SSSR count). The summed E-state index contributed by atoms with van der Waals surface area (Å²) < 4.78 is 11.4. The SMILES string of the molecule is CC1(C)O[C@H](CCO)C[C@H](CCN)O1. The van der Waals surface area contributed by atoms with Crippen LogP contribution >= 0.6 is 0 Å². The van der Waals surface area contributed by atoms with Gasteiger partial charge in [-0.25, -0.2) is 0 Å². The van der Waals surface area contributed by atoms with Crippen LogP contribution in [-0.4, -0.2) is 36.3 Å². The number of aliphatic hydroxyl groups is 1. The van der Waals surface area contributed by atoms with Crippen LogP contribution in [0.5, 0.6) is 0 Å². The van der Waals surface area contributed by atoms with Crippen molar-refractivity contribution in [1.82, 2.24) is 0 Å². The highest BCUT2D eigenvalue weighted by atomic mass is 16.7.